The number of amides is 1. The highest BCUT2D eigenvalue weighted by Crippen LogP contribution is 2.21. The maximum atomic E-state index is 13.3. The maximum absolute atomic E-state index is 13.3. The van der Waals surface area contributed by atoms with Gasteiger partial charge in [-0.15, -0.1) is 11.3 Å². The number of aryl methyl sites for hydroxylation is 1. The summed E-state index contributed by atoms with van der Waals surface area (Å²) in [6.45, 7) is 8.67. The van der Waals surface area contributed by atoms with E-state index in [1.165, 1.54) is 0 Å². The summed E-state index contributed by atoms with van der Waals surface area (Å²) in [5.74, 6) is 0.173. The second-order valence-corrected chi connectivity index (χ2v) is 8.77. The Morgan fingerprint density at radius 2 is 1.90 bits per heavy atom. The van der Waals surface area contributed by atoms with E-state index in [9.17, 15) is 9.59 Å². The Morgan fingerprint density at radius 1 is 1.13 bits per heavy atom. The fourth-order valence-corrected chi connectivity index (χ4v) is 4.45. The molecule has 0 bridgehead atoms. The van der Waals surface area contributed by atoms with E-state index in [1.807, 2.05) is 36.6 Å². The Morgan fingerprint density at radius 3 is 2.57 bits per heavy atom. The van der Waals surface area contributed by atoms with Crippen LogP contribution in [-0.4, -0.2) is 46.5 Å². The number of thiazole rings is 1. The fourth-order valence-electron chi connectivity index (χ4n) is 3.75. The quantitative estimate of drug-likeness (QED) is 0.643. The van der Waals surface area contributed by atoms with Crippen LogP contribution in [0.5, 0.6) is 0 Å². The minimum absolute atomic E-state index is 0.189. The monoisotopic (exact) mass is 422 g/mol. The van der Waals surface area contributed by atoms with Crippen molar-refractivity contribution < 1.29 is 4.79 Å². The number of anilines is 1. The lowest BCUT2D eigenvalue weighted by Gasteiger charge is -2.34. The molecule has 156 valence electrons. The molecular weight excluding hydrogens is 396 g/mol. The highest BCUT2D eigenvalue weighted by Gasteiger charge is 2.26. The molecule has 0 unspecified atom stereocenters. The molecule has 2 aromatic heterocycles. The van der Waals surface area contributed by atoms with Gasteiger partial charge in [0.1, 0.15) is 5.56 Å². The van der Waals surface area contributed by atoms with Gasteiger partial charge in [0, 0.05) is 49.6 Å². The highest BCUT2D eigenvalue weighted by molar-refractivity contribution is 7.13. The summed E-state index contributed by atoms with van der Waals surface area (Å²) in [6.07, 6.45) is 3.55. The molecule has 0 aliphatic carbocycles. The Bertz CT molecular complexity index is 1100. The predicted molar refractivity (Wildman–Crippen MR) is 121 cm³/mol. The predicted octanol–water partition coefficient (Wildman–Crippen LogP) is 3.69. The summed E-state index contributed by atoms with van der Waals surface area (Å²) in [5, 5.41) is 2.93. The number of hydrogen-bond donors (Lipinski definition) is 0. The molecule has 6 nitrogen and oxygen atoms in total. The van der Waals surface area contributed by atoms with Crippen LogP contribution in [0.3, 0.4) is 0 Å². The van der Waals surface area contributed by atoms with Crippen molar-refractivity contribution in [3.8, 4) is 5.69 Å². The Balaban J connectivity index is 1.60. The topological polar surface area (TPSA) is 58.4 Å². The van der Waals surface area contributed by atoms with E-state index < -0.39 is 0 Å². The lowest BCUT2D eigenvalue weighted by atomic mass is 10.0. The van der Waals surface area contributed by atoms with E-state index in [-0.39, 0.29) is 17.0 Å². The van der Waals surface area contributed by atoms with Gasteiger partial charge in [0.2, 0.25) is 0 Å². The van der Waals surface area contributed by atoms with Crippen molar-refractivity contribution >= 4 is 22.4 Å². The smallest absolute Gasteiger partial charge is 0.268 e. The summed E-state index contributed by atoms with van der Waals surface area (Å²) in [7, 11) is 0. The van der Waals surface area contributed by atoms with Gasteiger partial charge in [-0.2, -0.15) is 0 Å². The average Bonchev–Trinajstić information content (AvgIpc) is 3.29. The molecule has 1 fully saturated rings. The third kappa shape index (κ3) is 3.89. The minimum Gasteiger partial charge on any atom is -0.345 e. The number of nitrogens with zero attached hydrogens (tertiary/aromatic N) is 4. The summed E-state index contributed by atoms with van der Waals surface area (Å²) in [4.78, 5) is 34.9. The molecule has 1 saturated heterocycles. The molecule has 3 heterocycles. The van der Waals surface area contributed by atoms with Crippen molar-refractivity contribution in [3.63, 3.8) is 0 Å². The van der Waals surface area contributed by atoms with Gasteiger partial charge >= 0.3 is 0 Å². The summed E-state index contributed by atoms with van der Waals surface area (Å²) >= 11 is 1.60. The number of hydrogen-bond acceptors (Lipinski definition) is 5. The Labute approximate surface area is 180 Å². The number of aromatic nitrogens is 2. The van der Waals surface area contributed by atoms with Gasteiger partial charge < -0.3 is 9.80 Å². The molecule has 1 aliphatic rings. The lowest BCUT2D eigenvalue weighted by molar-refractivity contribution is 0.0744. The van der Waals surface area contributed by atoms with E-state index in [0.29, 0.717) is 24.6 Å². The standard InChI is InChI=1S/C23H26N4O2S/c1-16(2)18-5-4-6-19(15-18)27-9-7-17(3)20(22(27)29)21(28)25-10-12-26(13-11-25)23-24-8-14-30-23/h4-9,14-16H,10-13H2,1-3H3. The number of carbonyl (C=O) groups is 1. The van der Waals surface area contributed by atoms with E-state index in [2.05, 4.69) is 29.8 Å². The number of carbonyl (C=O) groups excluding carboxylic acids is 1. The van der Waals surface area contributed by atoms with E-state index >= 15 is 0 Å². The van der Waals surface area contributed by atoms with Crippen LogP contribution in [0.15, 0.2) is 52.9 Å². The van der Waals surface area contributed by atoms with Gasteiger partial charge in [0.25, 0.3) is 11.5 Å². The van der Waals surface area contributed by atoms with E-state index in [0.717, 1.165) is 29.5 Å². The number of rotatable bonds is 4. The van der Waals surface area contributed by atoms with Crippen LogP contribution in [0, 0.1) is 6.92 Å². The molecule has 0 radical (unpaired) electrons. The van der Waals surface area contributed by atoms with E-state index in [1.54, 1.807) is 33.2 Å². The van der Waals surface area contributed by atoms with Gasteiger partial charge in [-0.1, -0.05) is 26.0 Å². The summed E-state index contributed by atoms with van der Waals surface area (Å²) in [5.41, 5.74) is 2.65. The van der Waals surface area contributed by atoms with Crippen LogP contribution in [0.1, 0.15) is 41.3 Å². The van der Waals surface area contributed by atoms with Crippen LogP contribution in [0.4, 0.5) is 5.13 Å². The number of piperazine rings is 1. The second-order valence-electron chi connectivity index (χ2n) is 7.89. The zero-order valence-corrected chi connectivity index (χ0v) is 18.4. The third-order valence-electron chi connectivity index (χ3n) is 5.59. The normalized spacial score (nSPS) is 14.4. The molecule has 7 heteroatoms. The first-order chi connectivity index (χ1) is 14.5. The van der Waals surface area contributed by atoms with Crippen molar-refractivity contribution in [1.82, 2.24) is 14.5 Å². The van der Waals surface area contributed by atoms with Crippen molar-refractivity contribution in [3.05, 3.63) is 75.1 Å². The Hall–Kier alpha value is -2.93. The highest BCUT2D eigenvalue weighted by atomic mass is 32.1. The molecule has 4 rings (SSSR count). The van der Waals surface area contributed by atoms with Crippen molar-refractivity contribution in [2.24, 2.45) is 0 Å². The van der Waals surface area contributed by atoms with Gasteiger partial charge in [0.15, 0.2) is 5.13 Å². The van der Waals surface area contributed by atoms with Gasteiger partial charge in [-0.3, -0.25) is 14.2 Å². The van der Waals surface area contributed by atoms with Crippen LogP contribution >= 0.6 is 11.3 Å². The first-order valence-electron chi connectivity index (χ1n) is 10.2. The third-order valence-corrected chi connectivity index (χ3v) is 6.42. The van der Waals surface area contributed by atoms with Crippen molar-refractivity contribution in [1.29, 1.82) is 0 Å². The molecule has 30 heavy (non-hydrogen) atoms. The van der Waals surface area contributed by atoms with Gasteiger partial charge in [-0.25, -0.2) is 4.98 Å². The number of benzene rings is 1. The fraction of sp³-hybridized carbons (Fsp3) is 0.348. The van der Waals surface area contributed by atoms with Crippen LogP contribution in [0.25, 0.3) is 5.69 Å². The lowest BCUT2D eigenvalue weighted by Crippen LogP contribution is -2.50. The summed E-state index contributed by atoms with van der Waals surface area (Å²) in [6, 6.07) is 9.78. The van der Waals surface area contributed by atoms with Gasteiger partial charge in [-0.05, 0) is 42.2 Å². The molecule has 0 atom stereocenters. The second kappa shape index (κ2) is 8.44. The molecule has 0 N–H and O–H groups in total. The number of pyridine rings is 1. The molecule has 0 spiro atoms. The Kier molecular flexibility index (Phi) is 5.72. The first-order valence-corrected chi connectivity index (χ1v) is 11.1. The first kappa shape index (κ1) is 20.3. The zero-order valence-electron chi connectivity index (χ0n) is 17.5. The van der Waals surface area contributed by atoms with E-state index in [4.69, 9.17) is 0 Å². The molecule has 1 aliphatic heterocycles. The molecule has 0 saturated carbocycles. The zero-order chi connectivity index (χ0) is 21.3. The maximum Gasteiger partial charge on any atom is 0.268 e. The molecule has 1 aromatic carbocycles. The molecular formula is C23H26N4O2S. The summed E-state index contributed by atoms with van der Waals surface area (Å²) < 4.78 is 1.58. The molecule has 3 aromatic rings. The minimum atomic E-state index is -0.261. The molecule has 1 amide bonds. The van der Waals surface area contributed by atoms with Crippen molar-refractivity contribution in [2.45, 2.75) is 26.7 Å². The SMILES string of the molecule is Cc1ccn(-c2cccc(C(C)C)c2)c(=O)c1C(=O)N1CCN(c2nccs2)CC1. The van der Waals surface area contributed by atoms with Crippen LogP contribution in [-0.2, 0) is 0 Å². The average molecular weight is 423 g/mol. The van der Waals surface area contributed by atoms with Crippen LogP contribution in [0.2, 0.25) is 0 Å². The van der Waals surface area contributed by atoms with Gasteiger partial charge in [0.05, 0.1) is 0 Å². The largest absolute Gasteiger partial charge is 0.345 e. The van der Waals surface area contributed by atoms with Crippen molar-refractivity contribution in [2.75, 3.05) is 31.1 Å². The van der Waals surface area contributed by atoms with Crippen LogP contribution < -0.4 is 10.5 Å².